The van der Waals surface area contributed by atoms with E-state index in [1.807, 2.05) is 19.1 Å². The van der Waals surface area contributed by atoms with Gasteiger partial charge in [-0.2, -0.15) is 0 Å². The van der Waals surface area contributed by atoms with E-state index in [0.29, 0.717) is 5.56 Å². The highest BCUT2D eigenvalue weighted by Crippen LogP contribution is 2.22. The number of hydrogen-bond acceptors (Lipinski definition) is 1. The fourth-order valence-electron chi connectivity index (χ4n) is 2.37. The Balaban J connectivity index is 2.20. The normalized spacial score (nSPS) is 12.4. The van der Waals surface area contributed by atoms with Gasteiger partial charge in [-0.25, -0.2) is 4.39 Å². The summed E-state index contributed by atoms with van der Waals surface area (Å²) in [6.07, 6.45) is 1.98. The third kappa shape index (κ3) is 4.65. The Morgan fingerprint density at radius 3 is 2.48 bits per heavy atom. The summed E-state index contributed by atoms with van der Waals surface area (Å²) < 4.78 is 14.5. The quantitative estimate of drug-likeness (QED) is 0.757. The van der Waals surface area contributed by atoms with Gasteiger partial charge in [-0.3, -0.25) is 0 Å². The van der Waals surface area contributed by atoms with E-state index in [0.717, 1.165) is 29.4 Å². The van der Waals surface area contributed by atoms with Crippen LogP contribution in [0.15, 0.2) is 46.9 Å². The van der Waals surface area contributed by atoms with Crippen molar-refractivity contribution in [2.75, 3.05) is 6.54 Å². The van der Waals surface area contributed by atoms with Crippen LogP contribution in [0.5, 0.6) is 0 Å². The van der Waals surface area contributed by atoms with Crippen molar-refractivity contribution < 1.29 is 4.39 Å². The van der Waals surface area contributed by atoms with Gasteiger partial charge < -0.3 is 5.32 Å². The molecule has 2 rings (SSSR count). The lowest BCUT2D eigenvalue weighted by Crippen LogP contribution is -2.24. The first-order valence-corrected chi connectivity index (χ1v) is 8.13. The molecule has 3 heteroatoms. The molecule has 1 N–H and O–H groups in total. The Labute approximate surface area is 134 Å². The second-order valence-corrected chi connectivity index (χ2v) is 6.26. The van der Waals surface area contributed by atoms with Gasteiger partial charge in [0.25, 0.3) is 0 Å². The van der Waals surface area contributed by atoms with E-state index in [4.69, 9.17) is 0 Å². The van der Waals surface area contributed by atoms with Crippen LogP contribution < -0.4 is 5.32 Å². The molecule has 0 bridgehead atoms. The molecule has 0 heterocycles. The first-order chi connectivity index (χ1) is 10.1. The van der Waals surface area contributed by atoms with Crippen LogP contribution in [0, 0.1) is 12.7 Å². The zero-order chi connectivity index (χ0) is 15.2. The summed E-state index contributed by atoms with van der Waals surface area (Å²) in [7, 11) is 0. The van der Waals surface area contributed by atoms with Crippen LogP contribution in [0.1, 0.15) is 36.1 Å². The molecule has 2 aromatic carbocycles. The summed E-state index contributed by atoms with van der Waals surface area (Å²) in [5.74, 6) is -0.142. The molecule has 0 saturated carbocycles. The first-order valence-electron chi connectivity index (χ1n) is 7.34. The maximum absolute atomic E-state index is 13.5. The van der Waals surface area contributed by atoms with Crippen LogP contribution in [0.25, 0.3) is 0 Å². The number of aryl methyl sites for hydroxylation is 1. The van der Waals surface area contributed by atoms with Gasteiger partial charge in [0.2, 0.25) is 0 Å². The maximum Gasteiger partial charge on any atom is 0.126 e. The van der Waals surface area contributed by atoms with Crippen molar-refractivity contribution in [2.24, 2.45) is 0 Å². The van der Waals surface area contributed by atoms with Crippen LogP contribution in [0.3, 0.4) is 0 Å². The van der Waals surface area contributed by atoms with E-state index in [9.17, 15) is 4.39 Å². The SMILES string of the molecule is CCCNC(Cc1ccc(Br)cc1)c1ccc(F)c(C)c1. The molecule has 0 fully saturated rings. The largest absolute Gasteiger partial charge is 0.310 e. The number of hydrogen-bond donors (Lipinski definition) is 1. The number of nitrogens with one attached hydrogen (secondary N) is 1. The summed E-state index contributed by atoms with van der Waals surface area (Å²) in [6.45, 7) is 4.92. The zero-order valence-corrected chi connectivity index (χ0v) is 14.1. The number of rotatable bonds is 6. The van der Waals surface area contributed by atoms with Gasteiger partial charge >= 0.3 is 0 Å². The minimum Gasteiger partial charge on any atom is -0.310 e. The molecule has 0 spiro atoms. The lowest BCUT2D eigenvalue weighted by molar-refractivity contribution is 0.527. The van der Waals surface area contributed by atoms with Crippen molar-refractivity contribution in [3.63, 3.8) is 0 Å². The zero-order valence-electron chi connectivity index (χ0n) is 12.5. The molecule has 1 unspecified atom stereocenters. The van der Waals surface area contributed by atoms with Crippen LogP contribution in [-0.4, -0.2) is 6.54 Å². The maximum atomic E-state index is 13.5. The molecule has 0 aliphatic carbocycles. The van der Waals surface area contributed by atoms with E-state index in [2.05, 4.69) is 52.4 Å². The Morgan fingerprint density at radius 1 is 1.14 bits per heavy atom. The molecule has 1 atom stereocenters. The Morgan fingerprint density at radius 2 is 1.86 bits per heavy atom. The molecule has 21 heavy (non-hydrogen) atoms. The van der Waals surface area contributed by atoms with Crippen molar-refractivity contribution in [1.82, 2.24) is 5.32 Å². The van der Waals surface area contributed by atoms with E-state index < -0.39 is 0 Å². The summed E-state index contributed by atoms with van der Waals surface area (Å²) >= 11 is 3.46. The molecule has 0 aliphatic rings. The number of halogens is 2. The third-order valence-electron chi connectivity index (χ3n) is 3.58. The van der Waals surface area contributed by atoms with E-state index in [1.165, 1.54) is 5.56 Å². The molecule has 2 aromatic rings. The molecular weight excluding hydrogens is 329 g/mol. The van der Waals surface area contributed by atoms with Crippen LogP contribution in [0.4, 0.5) is 4.39 Å². The molecule has 0 saturated heterocycles. The average molecular weight is 350 g/mol. The number of benzene rings is 2. The minimum absolute atomic E-state index is 0.142. The molecular formula is C18H21BrFN. The third-order valence-corrected chi connectivity index (χ3v) is 4.11. The lowest BCUT2D eigenvalue weighted by Gasteiger charge is -2.20. The predicted octanol–water partition coefficient (Wildman–Crippen LogP) is 5.18. The lowest BCUT2D eigenvalue weighted by atomic mass is 9.97. The average Bonchev–Trinajstić information content (AvgIpc) is 2.48. The first kappa shape index (κ1) is 16.2. The van der Waals surface area contributed by atoms with Crippen molar-refractivity contribution in [1.29, 1.82) is 0 Å². The van der Waals surface area contributed by atoms with Crippen molar-refractivity contribution in [3.8, 4) is 0 Å². The van der Waals surface area contributed by atoms with Crippen LogP contribution in [-0.2, 0) is 6.42 Å². The smallest absolute Gasteiger partial charge is 0.126 e. The fourth-order valence-corrected chi connectivity index (χ4v) is 2.63. The van der Waals surface area contributed by atoms with Crippen LogP contribution in [0.2, 0.25) is 0 Å². The predicted molar refractivity (Wildman–Crippen MR) is 90.0 cm³/mol. The van der Waals surface area contributed by atoms with Gasteiger partial charge in [-0.15, -0.1) is 0 Å². The summed E-state index contributed by atoms with van der Waals surface area (Å²) in [5.41, 5.74) is 3.12. The van der Waals surface area contributed by atoms with E-state index in [-0.39, 0.29) is 11.9 Å². The van der Waals surface area contributed by atoms with Gasteiger partial charge in [0.1, 0.15) is 5.82 Å². The second kappa shape index (κ2) is 7.71. The Kier molecular flexibility index (Phi) is 5.95. The molecule has 0 radical (unpaired) electrons. The van der Waals surface area contributed by atoms with Crippen molar-refractivity contribution >= 4 is 15.9 Å². The summed E-state index contributed by atoms with van der Waals surface area (Å²) in [5, 5.41) is 3.56. The van der Waals surface area contributed by atoms with Gasteiger partial charge in [0.05, 0.1) is 0 Å². The second-order valence-electron chi connectivity index (χ2n) is 5.35. The Hall–Kier alpha value is -1.19. The molecule has 0 aromatic heterocycles. The van der Waals surface area contributed by atoms with Gasteiger partial charge in [0, 0.05) is 10.5 Å². The van der Waals surface area contributed by atoms with E-state index >= 15 is 0 Å². The molecule has 1 nitrogen and oxygen atoms in total. The highest BCUT2D eigenvalue weighted by Gasteiger charge is 2.13. The monoisotopic (exact) mass is 349 g/mol. The minimum atomic E-state index is -0.142. The molecule has 112 valence electrons. The summed E-state index contributed by atoms with van der Waals surface area (Å²) in [6, 6.07) is 14.0. The van der Waals surface area contributed by atoms with Crippen LogP contribution >= 0.6 is 15.9 Å². The fraction of sp³-hybridized carbons (Fsp3) is 0.333. The highest BCUT2D eigenvalue weighted by molar-refractivity contribution is 9.10. The highest BCUT2D eigenvalue weighted by atomic mass is 79.9. The molecule has 0 amide bonds. The van der Waals surface area contributed by atoms with Gasteiger partial charge in [-0.1, -0.05) is 47.1 Å². The summed E-state index contributed by atoms with van der Waals surface area (Å²) in [4.78, 5) is 0. The topological polar surface area (TPSA) is 12.0 Å². The van der Waals surface area contributed by atoms with Crippen molar-refractivity contribution in [2.45, 2.75) is 32.7 Å². The van der Waals surface area contributed by atoms with E-state index in [1.54, 1.807) is 6.07 Å². The van der Waals surface area contributed by atoms with Gasteiger partial charge in [0.15, 0.2) is 0 Å². The van der Waals surface area contributed by atoms with Gasteiger partial charge in [-0.05, 0) is 61.2 Å². The van der Waals surface area contributed by atoms with Crippen molar-refractivity contribution in [3.05, 3.63) is 69.4 Å². The standard InChI is InChI=1S/C18H21BrFN/c1-3-10-21-18(12-14-4-7-16(19)8-5-14)15-6-9-17(20)13(2)11-15/h4-9,11,18,21H,3,10,12H2,1-2H3. The Bertz CT molecular complexity index is 580. The molecule has 0 aliphatic heterocycles.